The number of anilines is 1. The number of pyridine rings is 1. The summed E-state index contributed by atoms with van der Waals surface area (Å²) in [6, 6.07) is 8.19. The van der Waals surface area contributed by atoms with Crippen molar-refractivity contribution >= 4 is 5.82 Å². The van der Waals surface area contributed by atoms with Gasteiger partial charge in [0.15, 0.2) is 0 Å². The van der Waals surface area contributed by atoms with Gasteiger partial charge in [-0.2, -0.15) is 5.26 Å². The standard InChI is InChI=1S/C13H18N4/c14-8-7-12-5-1-2-9-17(12)13-6-3-4-11(10-15)16-13/h3-4,6,12H,1-2,5,7-9,14H2. The molecule has 0 aliphatic carbocycles. The number of rotatable bonds is 3. The van der Waals surface area contributed by atoms with Crippen LogP contribution < -0.4 is 10.6 Å². The fourth-order valence-corrected chi connectivity index (χ4v) is 2.44. The summed E-state index contributed by atoms with van der Waals surface area (Å²) in [5.41, 5.74) is 6.14. The van der Waals surface area contributed by atoms with E-state index < -0.39 is 0 Å². The molecule has 1 aliphatic heterocycles. The summed E-state index contributed by atoms with van der Waals surface area (Å²) in [5.74, 6) is 0.919. The minimum Gasteiger partial charge on any atom is -0.354 e. The average molecular weight is 230 g/mol. The molecule has 1 fully saturated rings. The van der Waals surface area contributed by atoms with Crippen LogP contribution in [0.25, 0.3) is 0 Å². The molecule has 0 amide bonds. The Kier molecular flexibility index (Phi) is 3.94. The molecule has 1 aromatic heterocycles. The highest BCUT2D eigenvalue weighted by Gasteiger charge is 2.22. The van der Waals surface area contributed by atoms with E-state index in [-0.39, 0.29) is 0 Å². The van der Waals surface area contributed by atoms with E-state index in [0.29, 0.717) is 18.3 Å². The second-order valence-corrected chi connectivity index (χ2v) is 4.41. The normalized spacial score (nSPS) is 20.0. The van der Waals surface area contributed by atoms with Crippen LogP contribution in [0, 0.1) is 11.3 Å². The summed E-state index contributed by atoms with van der Waals surface area (Å²) in [7, 11) is 0. The maximum atomic E-state index is 8.88. The fourth-order valence-electron chi connectivity index (χ4n) is 2.44. The Bertz CT molecular complexity index is 408. The van der Waals surface area contributed by atoms with Crippen LogP contribution in [0.2, 0.25) is 0 Å². The first-order valence-corrected chi connectivity index (χ1v) is 6.19. The zero-order chi connectivity index (χ0) is 12.1. The topological polar surface area (TPSA) is 65.9 Å². The molecule has 90 valence electrons. The van der Waals surface area contributed by atoms with Crippen molar-refractivity contribution in [1.29, 1.82) is 5.26 Å². The van der Waals surface area contributed by atoms with Gasteiger partial charge in [0.25, 0.3) is 0 Å². The second kappa shape index (κ2) is 5.65. The Balaban J connectivity index is 2.20. The zero-order valence-corrected chi connectivity index (χ0v) is 9.97. The summed E-state index contributed by atoms with van der Waals surface area (Å²) in [5, 5.41) is 8.88. The van der Waals surface area contributed by atoms with Crippen molar-refractivity contribution in [3.8, 4) is 6.07 Å². The Labute approximate surface area is 102 Å². The third kappa shape index (κ3) is 2.75. The van der Waals surface area contributed by atoms with Gasteiger partial charge in [-0.1, -0.05) is 6.07 Å². The number of nitrogens with zero attached hydrogens (tertiary/aromatic N) is 3. The number of nitriles is 1. The molecule has 1 atom stereocenters. The third-order valence-electron chi connectivity index (χ3n) is 3.27. The van der Waals surface area contributed by atoms with Crippen molar-refractivity contribution in [1.82, 2.24) is 4.98 Å². The quantitative estimate of drug-likeness (QED) is 0.857. The predicted molar refractivity (Wildman–Crippen MR) is 67.6 cm³/mol. The van der Waals surface area contributed by atoms with Crippen molar-refractivity contribution < 1.29 is 0 Å². The Morgan fingerprint density at radius 1 is 1.47 bits per heavy atom. The van der Waals surface area contributed by atoms with Crippen molar-refractivity contribution in [2.75, 3.05) is 18.0 Å². The summed E-state index contributed by atoms with van der Waals surface area (Å²) < 4.78 is 0. The molecule has 1 saturated heterocycles. The number of nitrogens with two attached hydrogens (primary N) is 1. The lowest BCUT2D eigenvalue weighted by molar-refractivity contribution is 0.439. The second-order valence-electron chi connectivity index (χ2n) is 4.41. The molecular formula is C13H18N4. The van der Waals surface area contributed by atoms with Crippen molar-refractivity contribution in [2.24, 2.45) is 5.73 Å². The molecule has 2 heterocycles. The third-order valence-corrected chi connectivity index (χ3v) is 3.27. The van der Waals surface area contributed by atoms with Gasteiger partial charge in [0, 0.05) is 12.6 Å². The highest BCUT2D eigenvalue weighted by atomic mass is 15.2. The molecule has 1 aromatic rings. The zero-order valence-electron chi connectivity index (χ0n) is 9.97. The van der Waals surface area contributed by atoms with Crippen LogP contribution in [0.1, 0.15) is 31.4 Å². The molecule has 0 radical (unpaired) electrons. The van der Waals surface area contributed by atoms with Crippen molar-refractivity contribution in [2.45, 2.75) is 31.7 Å². The van der Waals surface area contributed by atoms with Gasteiger partial charge in [0.2, 0.25) is 0 Å². The molecule has 0 bridgehead atoms. The maximum Gasteiger partial charge on any atom is 0.142 e. The van der Waals surface area contributed by atoms with E-state index in [1.54, 1.807) is 6.07 Å². The van der Waals surface area contributed by atoms with E-state index in [0.717, 1.165) is 18.8 Å². The van der Waals surface area contributed by atoms with E-state index in [1.165, 1.54) is 19.3 Å². The predicted octanol–water partition coefficient (Wildman–Crippen LogP) is 1.66. The molecule has 4 nitrogen and oxygen atoms in total. The molecule has 4 heteroatoms. The van der Waals surface area contributed by atoms with Crippen molar-refractivity contribution in [3.05, 3.63) is 23.9 Å². The smallest absolute Gasteiger partial charge is 0.142 e. The van der Waals surface area contributed by atoms with E-state index in [4.69, 9.17) is 11.0 Å². The van der Waals surface area contributed by atoms with E-state index in [1.807, 2.05) is 12.1 Å². The van der Waals surface area contributed by atoms with Gasteiger partial charge in [-0.3, -0.25) is 0 Å². The number of aromatic nitrogens is 1. The highest BCUT2D eigenvalue weighted by Crippen LogP contribution is 2.24. The molecule has 17 heavy (non-hydrogen) atoms. The van der Waals surface area contributed by atoms with E-state index >= 15 is 0 Å². The van der Waals surface area contributed by atoms with Crippen molar-refractivity contribution in [3.63, 3.8) is 0 Å². The molecule has 0 spiro atoms. The first-order chi connectivity index (χ1) is 8.35. The van der Waals surface area contributed by atoms with Crippen LogP contribution in [0.4, 0.5) is 5.82 Å². The number of piperidine rings is 1. The minimum absolute atomic E-state index is 0.482. The lowest BCUT2D eigenvalue weighted by Crippen LogP contribution is -2.41. The summed E-state index contributed by atoms with van der Waals surface area (Å²) in [4.78, 5) is 6.67. The molecule has 0 aromatic carbocycles. The Morgan fingerprint density at radius 3 is 3.12 bits per heavy atom. The Hall–Kier alpha value is -1.60. The van der Waals surface area contributed by atoms with Crippen LogP contribution in [-0.2, 0) is 0 Å². The average Bonchev–Trinajstić information content (AvgIpc) is 2.40. The van der Waals surface area contributed by atoms with Gasteiger partial charge in [-0.05, 0) is 44.4 Å². The monoisotopic (exact) mass is 230 g/mol. The summed E-state index contributed by atoms with van der Waals surface area (Å²) in [6.07, 6.45) is 4.63. The molecule has 0 saturated carbocycles. The highest BCUT2D eigenvalue weighted by molar-refractivity contribution is 5.43. The van der Waals surface area contributed by atoms with Crippen LogP contribution in [0.15, 0.2) is 18.2 Å². The van der Waals surface area contributed by atoms with Gasteiger partial charge in [0.05, 0.1) is 0 Å². The van der Waals surface area contributed by atoms with Gasteiger partial charge in [-0.25, -0.2) is 4.98 Å². The van der Waals surface area contributed by atoms with Gasteiger partial charge < -0.3 is 10.6 Å². The molecule has 1 aliphatic rings. The van der Waals surface area contributed by atoms with Crippen LogP contribution >= 0.6 is 0 Å². The lowest BCUT2D eigenvalue weighted by Gasteiger charge is -2.36. The molecule has 2 rings (SSSR count). The number of hydrogen-bond acceptors (Lipinski definition) is 4. The largest absolute Gasteiger partial charge is 0.354 e. The van der Waals surface area contributed by atoms with Gasteiger partial charge in [-0.15, -0.1) is 0 Å². The molecule has 2 N–H and O–H groups in total. The summed E-state index contributed by atoms with van der Waals surface area (Å²) in [6.45, 7) is 1.73. The van der Waals surface area contributed by atoms with E-state index in [2.05, 4.69) is 16.0 Å². The fraction of sp³-hybridized carbons (Fsp3) is 0.538. The van der Waals surface area contributed by atoms with E-state index in [9.17, 15) is 0 Å². The SMILES string of the molecule is N#Cc1cccc(N2CCCCC2CCN)n1. The first-order valence-electron chi connectivity index (χ1n) is 6.19. The van der Waals surface area contributed by atoms with Crippen LogP contribution in [-0.4, -0.2) is 24.1 Å². The molecular weight excluding hydrogens is 212 g/mol. The van der Waals surface area contributed by atoms with Gasteiger partial charge >= 0.3 is 0 Å². The van der Waals surface area contributed by atoms with Crippen LogP contribution in [0.5, 0.6) is 0 Å². The van der Waals surface area contributed by atoms with Crippen LogP contribution in [0.3, 0.4) is 0 Å². The van der Waals surface area contributed by atoms with Gasteiger partial charge in [0.1, 0.15) is 17.6 Å². The first kappa shape index (κ1) is 11.9. The molecule has 1 unspecified atom stereocenters. The Morgan fingerprint density at radius 2 is 2.35 bits per heavy atom. The number of hydrogen-bond donors (Lipinski definition) is 1. The summed E-state index contributed by atoms with van der Waals surface area (Å²) >= 11 is 0. The lowest BCUT2D eigenvalue weighted by atomic mass is 9.99. The minimum atomic E-state index is 0.482. The maximum absolute atomic E-state index is 8.88.